The van der Waals surface area contributed by atoms with Crippen LogP contribution < -0.4 is 21.4 Å². The number of amides is 1. The lowest BCUT2D eigenvalue weighted by Gasteiger charge is -2.22. The Balaban J connectivity index is 0.00000222. The number of nitrogen functional groups attached to an aromatic ring is 1. The van der Waals surface area contributed by atoms with Gasteiger partial charge in [0.05, 0.1) is 11.6 Å². The third kappa shape index (κ3) is 7.29. The Morgan fingerprint density at radius 2 is 1.72 bits per heavy atom. The largest absolute Gasteiger partial charge is 0.680 e. The standard InChI is InChI=1S/C26H33N5O3.CH4N/c1-16-12-13-31(24(23(16)17(2)32)19-6-4-3-5-7-19)22(33)15-30-26(34)21(27)14-18-8-10-20(11-9-18)25(28)29;1-2/h8-13,19,21H,3-7,14-15,27H2,1-2H3,(H3-,28,29,30,34);2H,1H3/q;-1/p+1/t21-;/m0./s1. The number of Topliss-reactive ketones (excluding diaryl/α,β-unsaturated/α-hetero) is 1. The monoisotopic (exact) mass is 494 g/mol. The molecule has 7 N–H and O–H groups in total. The van der Waals surface area contributed by atoms with Crippen molar-refractivity contribution in [2.24, 2.45) is 11.5 Å². The highest BCUT2D eigenvalue weighted by molar-refractivity contribution is 5.97. The molecule has 0 radical (unpaired) electrons. The van der Waals surface area contributed by atoms with E-state index in [2.05, 4.69) is 5.32 Å². The molecule has 9 nitrogen and oxygen atoms in total. The predicted octanol–water partition coefficient (Wildman–Crippen LogP) is 2.81. The van der Waals surface area contributed by atoms with Gasteiger partial charge in [0.15, 0.2) is 12.0 Å². The normalized spacial score (nSPS) is 14.2. The SMILES string of the molecule is CC(=O)c1c(C)cc[n+](C(=O)CNC(=O)[C@@H](N)Cc2ccc(C(=N)N)cc2)c1C1CCCCC1.C[NH-]. The molecule has 9 heteroatoms. The minimum absolute atomic E-state index is 0.0266. The van der Waals surface area contributed by atoms with Gasteiger partial charge in [-0.05, 0) is 44.2 Å². The highest BCUT2D eigenvalue weighted by Crippen LogP contribution is 2.33. The van der Waals surface area contributed by atoms with E-state index in [1.807, 2.05) is 6.92 Å². The molecular formula is C27H38N6O3. The van der Waals surface area contributed by atoms with Crippen LogP contribution in [-0.4, -0.2) is 43.1 Å². The van der Waals surface area contributed by atoms with Crippen LogP contribution in [0, 0.1) is 12.3 Å². The quantitative estimate of drug-likeness (QED) is 0.191. The van der Waals surface area contributed by atoms with Crippen molar-refractivity contribution in [1.82, 2.24) is 5.32 Å². The Morgan fingerprint density at radius 1 is 1.11 bits per heavy atom. The third-order valence-electron chi connectivity index (χ3n) is 6.47. The fourth-order valence-electron chi connectivity index (χ4n) is 4.67. The molecule has 1 heterocycles. The number of rotatable bonds is 8. The van der Waals surface area contributed by atoms with E-state index in [0.29, 0.717) is 11.1 Å². The number of aryl methyl sites for hydroxylation is 1. The van der Waals surface area contributed by atoms with Crippen LogP contribution >= 0.6 is 0 Å². The van der Waals surface area contributed by atoms with Gasteiger partial charge in [-0.2, -0.15) is 7.05 Å². The number of ketones is 1. The number of pyridine rings is 1. The molecule has 0 bridgehead atoms. The fourth-order valence-corrected chi connectivity index (χ4v) is 4.67. The molecule has 194 valence electrons. The molecule has 1 aliphatic rings. The Hall–Kier alpha value is -3.43. The molecule has 0 aliphatic heterocycles. The van der Waals surface area contributed by atoms with Crippen LogP contribution in [-0.2, 0) is 11.2 Å². The van der Waals surface area contributed by atoms with Crippen molar-refractivity contribution in [3.63, 3.8) is 0 Å². The van der Waals surface area contributed by atoms with Crippen molar-refractivity contribution in [2.75, 3.05) is 13.6 Å². The highest BCUT2D eigenvalue weighted by atomic mass is 16.2. The van der Waals surface area contributed by atoms with Crippen LogP contribution in [0.2, 0.25) is 0 Å². The molecule has 1 fully saturated rings. The van der Waals surface area contributed by atoms with Crippen molar-refractivity contribution in [3.05, 3.63) is 70.2 Å². The van der Waals surface area contributed by atoms with Crippen molar-refractivity contribution in [2.45, 2.75) is 64.3 Å². The van der Waals surface area contributed by atoms with Gasteiger partial charge in [-0.15, -0.1) is 4.57 Å². The van der Waals surface area contributed by atoms with Crippen LogP contribution in [0.25, 0.3) is 5.73 Å². The van der Waals surface area contributed by atoms with Crippen molar-refractivity contribution < 1.29 is 19.0 Å². The van der Waals surface area contributed by atoms with Gasteiger partial charge in [-0.3, -0.25) is 15.0 Å². The first kappa shape index (κ1) is 28.8. The van der Waals surface area contributed by atoms with E-state index >= 15 is 0 Å². The van der Waals surface area contributed by atoms with E-state index in [1.165, 1.54) is 14.0 Å². The molecule has 1 atom stereocenters. The minimum Gasteiger partial charge on any atom is -0.680 e. The summed E-state index contributed by atoms with van der Waals surface area (Å²) in [5.41, 5.74) is 20.9. The molecule has 1 aromatic heterocycles. The van der Waals surface area contributed by atoms with Crippen LogP contribution in [0.1, 0.15) is 82.5 Å². The van der Waals surface area contributed by atoms with E-state index in [4.69, 9.17) is 22.6 Å². The molecule has 2 aromatic rings. The first-order valence-electron chi connectivity index (χ1n) is 12.2. The molecule has 1 aliphatic carbocycles. The lowest BCUT2D eigenvalue weighted by Crippen LogP contribution is -2.54. The number of carbonyl (C=O) groups is 3. The first-order chi connectivity index (χ1) is 17.2. The topological polar surface area (TPSA) is 167 Å². The van der Waals surface area contributed by atoms with Gasteiger partial charge in [0.25, 0.3) is 0 Å². The Kier molecular flexibility index (Phi) is 10.9. The van der Waals surface area contributed by atoms with E-state index in [0.717, 1.165) is 48.9 Å². The summed E-state index contributed by atoms with van der Waals surface area (Å²) in [4.78, 5) is 38.2. The van der Waals surface area contributed by atoms with Crippen LogP contribution in [0.3, 0.4) is 0 Å². The average molecular weight is 495 g/mol. The number of carbonyl (C=O) groups excluding carboxylic acids is 3. The van der Waals surface area contributed by atoms with Gasteiger partial charge in [-0.25, -0.2) is 4.79 Å². The number of hydrogen-bond donors (Lipinski definition) is 4. The zero-order valence-corrected chi connectivity index (χ0v) is 21.4. The van der Waals surface area contributed by atoms with E-state index in [1.54, 1.807) is 41.1 Å². The van der Waals surface area contributed by atoms with Crippen LogP contribution in [0.15, 0.2) is 36.5 Å². The minimum atomic E-state index is -0.829. The summed E-state index contributed by atoms with van der Waals surface area (Å²) < 4.78 is 1.55. The number of aromatic nitrogens is 1. The Labute approximate surface area is 212 Å². The summed E-state index contributed by atoms with van der Waals surface area (Å²) >= 11 is 0. The number of hydrogen-bond acceptors (Lipinski definition) is 5. The van der Waals surface area contributed by atoms with Gasteiger partial charge in [0.2, 0.25) is 11.6 Å². The maximum absolute atomic E-state index is 13.1. The molecule has 3 rings (SSSR count). The lowest BCUT2D eigenvalue weighted by atomic mass is 9.83. The van der Waals surface area contributed by atoms with Gasteiger partial charge < -0.3 is 22.5 Å². The predicted molar refractivity (Wildman–Crippen MR) is 140 cm³/mol. The summed E-state index contributed by atoms with van der Waals surface area (Å²) in [7, 11) is 1.25. The molecule has 1 aromatic carbocycles. The summed E-state index contributed by atoms with van der Waals surface area (Å²) in [6.45, 7) is 3.22. The Morgan fingerprint density at radius 3 is 2.28 bits per heavy atom. The molecule has 1 amide bonds. The molecular weight excluding hydrogens is 456 g/mol. The summed E-state index contributed by atoms with van der Waals surface area (Å²) in [5.74, 6) is -0.659. The summed E-state index contributed by atoms with van der Waals surface area (Å²) in [6, 6.07) is 7.91. The number of amidine groups is 1. The summed E-state index contributed by atoms with van der Waals surface area (Å²) in [5, 5.41) is 10.1. The second-order valence-electron chi connectivity index (χ2n) is 9.05. The Bertz CT molecular complexity index is 1090. The maximum Gasteiger partial charge on any atom is 0.411 e. The van der Waals surface area contributed by atoms with Gasteiger partial charge in [0, 0.05) is 17.5 Å². The molecule has 0 saturated heterocycles. The second-order valence-corrected chi connectivity index (χ2v) is 9.05. The zero-order valence-electron chi connectivity index (χ0n) is 21.4. The van der Waals surface area contributed by atoms with Crippen LogP contribution in [0.4, 0.5) is 0 Å². The number of benzene rings is 1. The first-order valence-corrected chi connectivity index (χ1v) is 12.2. The zero-order chi connectivity index (χ0) is 26.8. The van der Waals surface area contributed by atoms with Gasteiger partial charge in [0.1, 0.15) is 12.4 Å². The van der Waals surface area contributed by atoms with Crippen molar-refractivity contribution in [3.8, 4) is 0 Å². The lowest BCUT2D eigenvalue weighted by molar-refractivity contribution is -0.584. The third-order valence-corrected chi connectivity index (χ3v) is 6.47. The van der Waals surface area contributed by atoms with E-state index < -0.39 is 11.9 Å². The molecule has 1 saturated carbocycles. The fraction of sp³-hybridized carbons (Fsp3) is 0.444. The number of nitrogens with zero attached hydrogens (tertiary/aromatic N) is 1. The van der Waals surface area contributed by atoms with Crippen molar-refractivity contribution in [1.29, 1.82) is 5.41 Å². The average Bonchev–Trinajstić information content (AvgIpc) is 2.88. The smallest absolute Gasteiger partial charge is 0.411 e. The molecule has 0 spiro atoms. The van der Waals surface area contributed by atoms with Gasteiger partial charge >= 0.3 is 5.91 Å². The maximum atomic E-state index is 13.1. The highest BCUT2D eigenvalue weighted by Gasteiger charge is 2.34. The van der Waals surface area contributed by atoms with Crippen molar-refractivity contribution >= 4 is 23.4 Å². The summed E-state index contributed by atoms with van der Waals surface area (Å²) in [6.07, 6.45) is 7.19. The second kappa shape index (κ2) is 13.6. The van der Waals surface area contributed by atoms with Gasteiger partial charge in [-0.1, -0.05) is 43.5 Å². The molecule has 36 heavy (non-hydrogen) atoms. The van der Waals surface area contributed by atoms with Crippen LogP contribution in [0.5, 0.6) is 0 Å². The number of nitrogens with one attached hydrogen (secondary N) is 3. The van der Waals surface area contributed by atoms with E-state index in [9.17, 15) is 14.4 Å². The molecule has 0 unspecified atom stereocenters. The van der Waals surface area contributed by atoms with E-state index in [-0.39, 0.29) is 36.4 Å². The number of nitrogens with two attached hydrogens (primary N) is 2.